The van der Waals surface area contributed by atoms with E-state index in [1.165, 1.54) is 0 Å². The molecule has 0 fully saturated rings. The van der Waals surface area contributed by atoms with Gasteiger partial charge in [0.1, 0.15) is 11.5 Å². The summed E-state index contributed by atoms with van der Waals surface area (Å²) >= 11 is 5.97. The number of Topliss-reactive ketones (excluding diaryl/α,β-unsaturated/α-hetero) is 1. The molecule has 3 heterocycles. The van der Waals surface area contributed by atoms with Crippen molar-refractivity contribution in [1.82, 2.24) is 14.8 Å². The second-order valence-corrected chi connectivity index (χ2v) is 7.66. The lowest BCUT2D eigenvalue weighted by Crippen LogP contribution is -2.43. The van der Waals surface area contributed by atoms with Crippen LogP contribution in [0.1, 0.15) is 45.1 Å². The second-order valence-electron chi connectivity index (χ2n) is 7.23. The van der Waals surface area contributed by atoms with Crippen molar-refractivity contribution >= 4 is 48.3 Å². The van der Waals surface area contributed by atoms with Crippen molar-refractivity contribution in [3.05, 3.63) is 70.1 Å². The average Bonchev–Trinajstić information content (AvgIpc) is 3.09. The van der Waals surface area contributed by atoms with Crippen molar-refractivity contribution in [3.63, 3.8) is 0 Å². The Balaban J connectivity index is 0.00000256. The molecule has 2 N–H and O–H groups in total. The van der Waals surface area contributed by atoms with E-state index in [2.05, 4.69) is 10.1 Å². The van der Waals surface area contributed by atoms with Crippen molar-refractivity contribution in [3.8, 4) is 0 Å². The number of anilines is 2. The van der Waals surface area contributed by atoms with Gasteiger partial charge in [-0.2, -0.15) is 18.6 Å². The molecule has 2 aromatic heterocycles. The Morgan fingerprint density at radius 1 is 1.27 bits per heavy atom. The number of carbonyl (C=O) groups is 2. The average molecular weight is 444 g/mol. The molecule has 1 amide bonds. The topological polar surface area (TPSA) is 94.1 Å². The van der Waals surface area contributed by atoms with Crippen LogP contribution in [0.25, 0.3) is 0 Å². The summed E-state index contributed by atoms with van der Waals surface area (Å²) in [6.07, 6.45) is 1.66. The van der Waals surface area contributed by atoms with Crippen molar-refractivity contribution in [2.75, 3.05) is 17.2 Å². The zero-order valence-corrected chi connectivity index (χ0v) is 18.3. The van der Waals surface area contributed by atoms with Gasteiger partial charge in [0.15, 0.2) is 5.78 Å². The van der Waals surface area contributed by atoms with Crippen LogP contribution in [0, 0.1) is 6.92 Å². The maximum atomic E-state index is 13.2. The van der Waals surface area contributed by atoms with Crippen LogP contribution in [0.5, 0.6) is 0 Å². The van der Waals surface area contributed by atoms with Gasteiger partial charge in [0.25, 0.3) is 5.91 Å². The third-order valence-electron chi connectivity index (χ3n) is 4.97. The highest BCUT2D eigenvalue weighted by Crippen LogP contribution is 2.29. The van der Waals surface area contributed by atoms with E-state index in [-0.39, 0.29) is 37.6 Å². The van der Waals surface area contributed by atoms with Crippen molar-refractivity contribution in [2.45, 2.75) is 26.3 Å². The van der Waals surface area contributed by atoms with Gasteiger partial charge in [-0.15, -0.1) is 0 Å². The summed E-state index contributed by atoms with van der Waals surface area (Å²) in [4.78, 5) is 31.9. The van der Waals surface area contributed by atoms with Gasteiger partial charge in [-0.25, -0.2) is 4.98 Å². The van der Waals surface area contributed by atoms with E-state index in [0.29, 0.717) is 39.9 Å². The van der Waals surface area contributed by atoms with Gasteiger partial charge >= 0.3 is 0 Å². The summed E-state index contributed by atoms with van der Waals surface area (Å²) in [6.45, 7) is 4.26. The lowest BCUT2D eigenvalue weighted by atomic mass is 10.0. The number of aromatic nitrogens is 3. The summed E-state index contributed by atoms with van der Waals surface area (Å²) < 4.78 is 1.70. The molecule has 0 spiro atoms. The summed E-state index contributed by atoms with van der Waals surface area (Å²) in [5, 5.41) is 4.98. The van der Waals surface area contributed by atoms with Crippen molar-refractivity contribution in [1.29, 1.82) is 0 Å². The van der Waals surface area contributed by atoms with E-state index < -0.39 is 0 Å². The van der Waals surface area contributed by atoms with Gasteiger partial charge in [0.2, 0.25) is 0 Å². The number of amides is 1. The van der Waals surface area contributed by atoms with Crippen LogP contribution >= 0.6 is 25.1 Å². The first-order valence-electron chi connectivity index (χ1n) is 9.24. The molecule has 9 heteroatoms. The van der Waals surface area contributed by atoms with Gasteiger partial charge in [0.05, 0.1) is 12.2 Å². The quantitative estimate of drug-likeness (QED) is 0.622. The predicted octanol–water partition coefficient (Wildman–Crippen LogP) is 3.58. The lowest BCUT2D eigenvalue weighted by molar-refractivity contribution is 0.0951. The number of nitrogen functional groups attached to an aromatic ring is 1. The molecule has 30 heavy (non-hydrogen) atoms. The number of hydrogen-bond acceptors (Lipinski definition) is 5. The number of nitrogens with zero attached hydrogens (tertiary/aromatic N) is 4. The third kappa shape index (κ3) is 4.06. The van der Waals surface area contributed by atoms with Crippen molar-refractivity contribution in [2.24, 2.45) is 0 Å². The number of benzene rings is 1. The molecule has 0 radical (unpaired) electrons. The number of aryl methyl sites for hydroxylation is 1. The Bertz CT molecular complexity index is 1090. The number of nitrogens with two attached hydrogens (primary N) is 1. The minimum absolute atomic E-state index is 0. The fourth-order valence-electron chi connectivity index (χ4n) is 3.62. The number of halogens is 1. The van der Waals surface area contributed by atoms with Gasteiger partial charge in [-0.3, -0.25) is 14.3 Å². The summed E-state index contributed by atoms with van der Waals surface area (Å²) in [5.74, 6) is -0.0257. The first-order valence-corrected chi connectivity index (χ1v) is 9.62. The molecule has 1 aliphatic rings. The van der Waals surface area contributed by atoms with Gasteiger partial charge in [0, 0.05) is 40.5 Å². The highest BCUT2D eigenvalue weighted by molar-refractivity contribution is 7.59. The molecular weight excluding hydrogens is 422 g/mol. The third-order valence-corrected chi connectivity index (χ3v) is 5.22. The van der Waals surface area contributed by atoms with Crippen LogP contribution in [-0.2, 0) is 6.42 Å². The number of carbonyl (C=O) groups excluding carboxylic acids is 2. The zero-order chi connectivity index (χ0) is 20.7. The molecule has 0 aliphatic carbocycles. The molecule has 156 valence electrons. The maximum absolute atomic E-state index is 13.2. The van der Waals surface area contributed by atoms with Gasteiger partial charge in [-0.05, 0) is 50.2 Å². The molecule has 0 saturated carbocycles. The molecule has 0 bridgehead atoms. The number of pyridine rings is 1. The predicted molar refractivity (Wildman–Crippen MR) is 122 cm³/mol. The molecule has 7 nitrogen and oxygen atoms in total. The van der Waals surface area contributed by atoms with E-state index >= 15 is 0 Å². The molecule has 1 aliphatic heterocycles. The first kappa shape index (κ1) is 21.9. The normalized spacial score (nSPS) is 15.5. The second kappa shape index (κ2) is 8.49. The fraction of sp³-hybridized carbons (Fsp3) is 0.238. The fourth-order valence-corrected chi connectivity index (χ4v) is 3.75. The van der Waals surface area contributed by atoms with Crippen LogP contribution < -0.4 is 10.6 Å². The van der Waals surface area contributed by atoms with Crippen molar-refractivity contribution < 1.29 is 9.59 Å². The van der Waals surface area contributed by atoms with E-state index in [1.807, 2.05) is 19.1 Å². The summed E-state index contributed by atoms with van der Waals surface area (Å²) in [7, 11) is 0. The van der Waals surface area contributed by atoms with E-state index in [1.54, 1.807) is 47.0 Å². The minimum atomic E-state index is -0.184. The van der Waals surface area contributed by atoms with E-state index in [9.17, 15) is 9.59 Å². The summed E-state index contributed by atoms with van der Waals surface area (Å²) in [6, 6.07) is 10.3. The van der Waals surface area contributed by atoms with Crippen LogP contribution in [0.15, 0.2) is 42.6 Å². The SMILES string of the molecule is Cc1cc(C(=O)Cc2cnn3c2C(=O)N(c2ccc(Cl)cc2)C[C@@H]3C)cc(N)n1.S. The minimum Gasteiger partial charge on any atom is -0.384 e. The highest BCUT2D eigenvalue weighted by Gasteiger charge is 2.33. The van der Waals surface area contributed by atoms with Gasteiger partial charge in [-0.1, -0.05) is 11.6 Å². The van der Waals surface area contributed by atoms with E-state index in [4.69, 9.17) is 17.3 Å². The van der Waals surface area contributed by atoms with E-state index in [0.717, 1.165) is 5.69 Å². The van der Waals surface area contributed by atoms with Crippen LogP contribution in [0.2, 0.25) is 5.02 Å². The Hall–Kier alpha value is -2.84. The molecule has 3 aromatic rings. The lowest BCUT2D eigenvalue weighted by Gasteiger charge is -2.32. The number of hydrogen-bond donors (Lipinski definition) is 1. The monoisotopic (exact) mass is 443 g/mol. The van der Waals surface area contributed by atoms with Crippen LogP contribution in [0.3, 0.4) is 0 Å². The zero-order valence-electron chi connectivity index (χ0n) is 16.6. The Morgan fingerprint density at radius 2 is 1.97 bits per heavy atom. The Morgan fingerprint density at radius 3 is 2.63 bits per heavy atom. The molecule has 0 saturated heterocycles. The first-order chi connectivity index (χ1) is 13.8. The molecular formula is C21H22ClN5O2S. The number of ketones is 1. The van der Waals surface area contributed by atoms with Gasteiger partial charge < -0.3 is 10.6 Å². The molecule has 0 unspecified atom stereocenters. The van der Waals surface area contributed by atoms with Crippen LogP contribution in [0.4, 0.5) is 11.5 Å². The standard InChI is InChI=1S/C21H20ClN5O2.H2S/c1-12-7-14(9-19(23)25-12)18(28)8-15-10-24-27-13(2)11-26(21(29)20(15)27)17-5-3-16(22)4-6-17;/h3-7,9-10,13H,8,11H2,1-2H3,(H2,23,25);1H2/t13-;/m0./s1. The Labute approximate surface area is 186 Å². The smallest absolute Gasteiger partial charge is 0.276 e. The largest absolute Gasteiger partial charge is 0.384 e. The molecule has 1 atom stereocenters. The molecule has 1 aromatic carbocycles. The number of fused-ring (bicyclic) bond motifs is 1. The Kier molecular flexibility index (Phi) is 6.19. The maximum Gasteiger partial charge on any atom is 0.276 e. The molecule has 4 rings (SSSR count). The highest BCUT2D eigenvalue weighted by atomic mass is 35.5. The summed E-state index contributed by atoms with van der Waals surface area (Å²) in [5.41, 5.74) is 8.70. The van der Waals surface area contributed by atoms with Crippen LogP contribution in [-0.4, -0.2) is 33.0 Å². The number of rotatable bonds is 4.